The van der Waals surface area contributed by atoms with Crippen LogP contribution in [0.4, 0.5) is 0 Å². The number of nitrogens with zero attached hydrogens (tertiary/aromatic N) is 3. The van der Waals surface area contributed by atoms with E-state index in [2.05, 4.69) is 26.0 Å². The molecule has 0 radical (unpaired) electrons. The average molecular weight is 289 g/mol. The van der Waals surface area contributed by atoms with Gasteiger partial charge in [-0.3, -0.25) is 19.4 Å². The van der Waals surface area contributed by atoms with Gasteiger partial charge in [0.25, 0.3) is 5.56 Å². The first-order chi connectivity index (χ1) is 10.0. The molecule has 3 heterocycles. The molecule has 7 nitrogen and oxygen atoms in total. The van der Waals surface area contributed by atoms with Crippen LogP contribution in [0.1, 0.15) is 22.6 Å². The van der Waals surface area contributed by atoms with Crippen LogP contribution in [0.2, 0.25) is 0 Å². The Hall–Kier alpha value is -2.15. The van der Waals surface area contributed by atoms with Crippen molar-refractivity contribution < 1.29 is 0 Å². The summed E-state index contributed by atoms with van der Waals surface area (Å²) in [6.45, 7) is 7.11. The predicted molar refractivity (Wildman–Crippen MR) is 78.4 cm³/mol. The quantitative estimate of drug-likeness (QED) is 0.828. The second kappa shape index (κ2) is 5.33. The zero-order valence-corrected chi connectivity index (χ0v) is 12.3. The highest BCUT2D eigenvalue weighted by molar-refractivity contribution is 5.19. The molecule has 1 aliphatic heterocycles. The van der Waals surface area contributed by atoms with Crippen molar-refractivity contribution in [3.8, 4) is 0 Å². The zero-order valence-electron chi connectivity index (χ0n) is 12.3. The van der Waals surface area contributed by atoms with E-state index in [1.807, 2.05) is 18.5 Å². The number of H-pyrrole nitrogens is 2. The largest absolute Gasteiger partial charge is 0.325 e. The Morgan fingerprint density at radius 1 is 1.24 bits per heavy atom. The third-order valence-electron chi connectivity index (χ3n) is 3.92. The summed E-state index contributed by atoms with van der Waals surface area (Å²) in [4.78, 5) is 30.3. The van der Waals surface area contributed by atoms with Crippen LogP contribution in [0.15, 0.2) is 15.7 Å². The highest BCUT2D eigenvalue weighted by Gasteiger charge is 2.19. The molecule has 0 saturated heterocycles. The molecule has 0 atom stereocenters. The molecule has 0 amide bonds. The first-order valence-corrected chi connectivity index (χ1v) is 7.10. The highest BCUT2D eigenvalue weighted by atomic mass is 16.2. The van der Waals surface area contributed by atoms with Crippen molar-refractivity contribution in [3.63, 3.8) is 0 Å². The molecule has 2 N–H and O–H groups in total. The molecule has 0 spiro atoms. The van der Waals surface area contributed by atoms with Gasteiger partial charge in [0.15, 0.2) is 0 Å². The lowest BCUT2D eigenvalue weighted by Crippen LogP contribution is -2.39. The molecule has 7 heteroatoms. The fourth-order valence-electron chi connectivity index (χ4n) is 2.86. The molecule has 3 rings (SSSR count). The molecule has 0 aromatic carbocycles. The normalized spacial score (nSPS) is 15.1. The molecule has 1 aliphatic rings. The maximum absolute atomic E-state index is 11.7. The lowest BCUT2D eigenvalue weighted by Gasteiger charge is -2.27. The third kappa shape index (κ3) is 2.82. The molecule has 0 bridgehead atoms. The van der Waals surface area contributed by atoms with Gasteiger partial charge in [-0.1, -0.05) is 0 Å². The average Bonchev–Trinajstić information content (AvgIpc) is 2.74. The summed E-state index contributed by atoms with van der Waals surface area (Å²) in [5, 5.41) is 4.44. The summed E-state index contributed by atoms with van der Waals surface area (Å²) < 4.78 is 1.99. The van der Waals surface area contributed by atoms with Crippen LogP contribution in [0.5, 0.6) is 0 Å². The van der Waals surface area contributed by atoms with Gasteiger partial charge in [-0.25, -0.2) is 4.79 Å². The topological polar surface area (TPSA) is 86.8 Å². The Morgan fingerprint density at radius 2 is 2.05 bits per heavy atom. The van der Waals surface area contributed by atoms with Crippen molar-refractivity contribution in [2.75, 3.05) is 13.1 Å². The fraction of sp³-hybridized carbons (Fsp3) is 0.500. The van der Waals surface area contributed by atoms with Gasteiger partial charge in [0.05, 0.1) is 12.2 Å². The molecular weight excluding hydrogens is 270 g/mol. The molecule has 2 aromatic heterocycles. The number of hydrogen-bond donors (Lipinski definition) is 2. The lowest BCUT2D eigenvalue weighted by atomic mass is 10.1. The van der Waals surface area contributed by atoms with E-state index in [0.717, 1.165) is 36.7 Å². The predicted octanol–water partition coefficient (Wildman–Crippen LogP) is -0.0652. The van der Waals surface area contributed by atoms with Crippen molar-refractivity contribution in [1.29, 1.82) is 0 Å². The van der Waals surface area contributed by atoms with E-state index in [4.69, 9.17) is 0 Å². The second-order valence-electron chi connectivity index (χ2n) is 5.54. The van der Waals surface area contributed by atoms with Crippen LogP contribution in [-0.2, 0) is 19.5 Å². The molecule has 112 valence electrons. The first kappa shape index (κ1) is 13.8. The van der Waals surface area contributed by atoms with Crippen molar-refractivity contribution >= 4 is 0 Å². The second-order valence-corrected chi connectivity index (χ2v) is 5.54. The van der Waals surface area contributed by atoms with Crippen LogP contribution in [0.25, 0.3) is 0 Å². The molecule has 0 fully saturated rings. The zero-order chi connectivity index (χ0) is 15.0. The van der Waals surface area contributed by atoms with Crippen LogP contribution in [0.3, 0.4) is 0 Å². The minimum Gasteiger partial charge on any atom is -0.310 e. The van der Waals surface area contributed by atoms with Crippen LogP contribution >= 0.6 is 0 Å². The van der Waals surface area contributed by atoms with Gasteiger partial charge in [0.2, 0.25) is 0 Å². The molecule has 21 heavy (non-hydrogen) atoms. The van der Waals surface area contributed by atoms with Crippen LogP contribution in [-0.4, -0.2) is 37.7 Å². The molecular formula is C14H19N5O2. The molecule has 0 unspecified atom stereocenters. The van der Waals surface area contributed by atoms with Gasteiger partial charge < -0.3 is 4.98 Å². The van der Waals surface area contributed by atoms with Crippen LogP contribution < -0.4 is 11.2 Å². The van der Waals surface area contributed by atoms with Crippen LogP contribution in [0, 0.1) is 13.8 Å². The Bertz CT molecular complexity index is 770. The summed E-state index contributed by atoms with van der Waals surface area (Å²) in [6.07, 6.45) is 0.665. The molecule has 2 aromatic rings. The number of rotatable bonds is 3. The lowest BCUT2D eigenvalue weighted by molar-refractivity contribution is 0.234. The Balaban J connectivity index is 1.71. The van der Waals surface area contributed by atoms with Crippen molar-refractivity contribution in [2.45, 2.75) is 33.4 Å². The number of nitrogens with one attached hydrogen (secondary N) is 2. The van der Waals surface area contributed by atoms with E-state index in [-0.39, 0.29) is 5.56 Å². The van der Waals surface area contributed by atoms with Gasteiger partial charge in [0, 0.05) is 36.6 Å². The number of aryl methyl sites for hydroxylation is 2. The minimum atomic E-state index is -0.431. The van der Waals surface area contributed by atoms with E-state index in [1.165, 1.54) is 0 Å². The SMILES string of the molecule is Cc1cc(C)n(CCN2CCc3c([nH]c(=O)[nH]c3=O)C2)n1. The van der Waals surface area contributed by atoms with E-state index >= 15 is 0 Å². The molecule has 0 aliphatic carbocycles. The van der Waals surface area contributed by atoms with Gasteiger partial charge >= 0.3 is 5.69 Å². The van der Waals surface area contributed by atoms with Gasteiger partial charge in [-0.15, -0.1) is 0 Å². The van der Waals surface area contributed by atoms with Gasteiger partial charge in [0.1, 0.15) is 0 Å². The molecule has 0 saturated carbocycles. The number of hydrogen-bond acceptors (Lipinski definition) is 4. The van der Waals surface area contributed by atoms with E-state index in [9.17, 15) is 9.59 Å². The first-order valence-electron chi connectivity index (χ1n) is 7.10. The van der Waals surface area contributed by atoms with Crippen molar-refractivity contribution in [2.24, 2.45) is 0 Å². The monoisotopic (exact) mass is 289 g/mol. The summed E-state index contributed by atoms with van der Waals surface area (Å²) in [5.74, 6) is 0. The van der Waals surface area contributed by atoms with Crippen molar-refractivity contribution in [3.05, 3.63) is 49.5 Å². The fourth-order valence-corrected chi connectivity index (χ4v) is 2.86. The van der Waals surface area contributed by atoms with Gasteiger partial charge in [-0.2, -0.15) is 5.10 Å². The summed E-state index contributed by atoms with van der Waals surface area (Å²) in [5.41, 5.74) is 2.92. The Morgan fingerprint density at radius 3 is 2.76 bits per heavy atom. The van der Waals surface area contributed by atoms with E-state index in [0.29, 0.717) is 18.5 Å². The Kier molecular flexibility index (Phi) is 3.50. The summed E-state index contributed by atoms with van der Waals surface area (Å²) in [7, 11) is 0. The third-order valence-corrected chi connectivity index (χ3v) is 3.92. The maximum atomic E-state index is 11.7. The summed E-state index contributed by atoms with van der Waals surface area (Å²) in [6, 6.07) is 2.06. The summed E-state index contributed by atoms with van der Waals surface area (Å²) >= 11 is 0. The minimum absolute atomic E-state index is 0.257. The number of aromatic nitrogens is 4. The van der Waals surface area contributed by atoms with E-state index in [1.54, 1.807) is 0 Å². The van der Waals surface area contributed by atoms with Crippen molar-refractivity contribution in [1.82, 2.24) is 24.6 Å². The standard InChI is InChI=1S/C14H19N5O2/c1-9-7-10(2)19(17-9)6-5-18-4-3-11-12(8-18)15-14(21)16-13(11)20/h7H,3-6,8H2,1-2H3,(H2,15,16,20,21). The van der Waals surface area contributed by atoms with E-state index < -0.39 is 5.69 Å². The smallest absolute Gasteiger partial charge is 0.310 e. The maximum Gasteiger partial charge on any atom is 0.325 e. The Labute approximate surface area is 121 Å². The van der Waals surface area contributed by atoms with Gasteiger partial charge in [-0.05, 0) is 26.3 Å². The number of fused-ring (bicyclic) bond motifs is 1. The highest BCUT2D eigenvalue weighted by Crippen LogP contribution is 2.12. The number of aromatic amines is 2.